The number of anilines is 1. The molecule has 2 aromatic carbocycles. The zero-order chi connectivity index (χ0) is 23.6. The lowest BCUT2D eigenvalue weighted by molar-refractivity contribution is 0.0391. The van der Waals surface area contributed by atoms with Crippen LogP contribution in [-0.4, -0.2) is 48.8 Å². The van der Waals surface area contributed by atoms with E-state index in [1.165, 1.54) is 54.1 Å². The lowest BCUT2D eigenvalue weighted by Gasteiger charge is -2.38. The van der Waals surface area contributed by atoms with E-state index in [1.807, 2.05) is 6.20 Å². The quantitative estimate of drug-likeness (QED) is 0.574. The van der Waals surface area contributed by atoms with Gasteiger partial charge in [-0.3, -0.25) is 14.8 Å². The van der Waals surface area contributed by atoms with Crippen LogP contribution in [0.25, 0.3) is 6.08 Å². The minimum absolute atomic E-state index is 0.661. The van der Waals surface area contributed by atoms with E-state index in [-0.39, 0.29) is 0 Å². The van der Waals surface area contributed by atoms with Crippen LogP contribution in [0.3, 0.4) is 0 Å². The molecule has 184 valence electrons. The van der Waals surface area contributed by atoms with Gasteiger partial charge < -0.3 is 9.64 Å². The Hall–Kier alpha value is -2.15. The average Bonchev–Trinajstić information content (AvgIpc) is 3.17. The molecule has 3 heterocycles. The molecule has 0 bridgehead atoms. The molecule has 6 rings (SSSR count). The molecule has 5 nitrogen and oxygen atoms in total. The van der Waals surface area contributed by atoms with Crippen LogP contribution in [0.5, 0.6) is 5.75 Å². The summed E-state index contributed by atoms with van der Waals surface area (Å²) in [7, 11) is 0. The van der Waals surface area contributed by atoms with Gasteiger partial charge in [-0.2, -0.15) is 0 Å². The molecular formula is C29H35BrN4O. The van der Waals surface area contributed by atoms with Gasteiger partial charge >= 0.3 is 0 Å². The summed E-state index contributed by atoms with van der Waals surface area (Å²) in [5.74, 6) is 1.01. The number of hydrogen-bond donors (Lipinski definition) is 0. The highest BCUT2D eigenvalue weighted by molar-refractivity contribution is 9.10. The molecule has 1 saturated heterocycles. The summed E-state index contributed by atoms with van der Waals surface area (Å²) in [5, 5.41) is 2.32. The molecule has 0 aromatic heterocycles. The first kappa shape index (κ1) is 23.3. The van der Waals surface area contributed by atoms with Gasteiger partial charge in [-0.25, -0.2) is 0 Å². The fraction of sp³-hybridized carbons (Fsp3) is 0.483. The SMILES string of the molecule is Brc1ccc(N2CCN(Cc3cc4c(c5c3=CCC=CN=5)OCN(C3CCCCC3)C4)CC2)cc1. The Kier molecular flexibility index (Phi) is 6.95. The number of piperazine rings is 1. The third-order valence-electron chi connectivity index (χ3n) is 8.02. The van der Waals surface area contributed by atoms with E-state index >= 15 is 0 Å². The second kappa shape index (κ2) is 10.5. The van der Waals surface area contributed by atoms with Crippen molar-refractivity contribution in [2.24, 2.45) is 4.99 Å². The van der Waals surface area contributed by atoms with Crippen LogP contribution in [-0.2, 0) is 13.1 Å². The molecule has 0 radical (unpaired) electrons. The minimum atomic E-state index is 0.661. The molecule has 6 heteroatoms. The molecule has 3 aliphatic heterocycles. The maximum Gasteiger partial charge on any atom is 0.152 e. The summed E-state index contributed by atoms with van der Waals surface area (Å²) in [6, 6.07) is 11.8. The highest BCUT2D eigenvalue weighted by Gasteiger charge is 2.28. The lowest BCUT2D eigenvalue weighted by Crippen LogP contribution is -2.47. The Morgan fingerprint density at radius 2 is 1.80 bits per heavy atom. The Balaban J connectivity index is 1.23. The monoisotopic (exact) mass is 534 g/mol. The van der Waals surface area contributed by atoms with E-state index < -0.39 is 0 Å². The number of allylic oxidation sites excluding steroid dienone is 1. The van der Waals surface area contributed by atoms with Gasteiger partial charge in [0.1, 0.15) is 12.1 Å². The van der Waals surface area contributed by atoms with Gasteiger partial charge in [0.05, 0.1) is 0 Å². The van der Waals surface area contributed by atoms with E-state index in [2.05, 4.69) is 73.1 Å². The van der Waals surface area contributed by atoms with Crippen LogP contribution in [0.2, 0.25) is 0 Å². The third kappa shape index (κ3) is 5.07. The number of fused-ring (bicyclic) bond motifs is 3. The van der Waals surface area contributed by atoms with Crippen molar-refractivity contribution in [1.29, 1.82) is 0 Å². The molecular weight excluding hydrogens is 500 g/mol. The van der Waals surface area contributed by atoms with E-state index in [9.17, 15) is 0 Å². The van der Waals surface area contributed by atoms with Crippen molar-refractivity contribution in [2.75, 3.05) is 37.8 Å². The van der Waals surface area contributed by atoms with Gasteiger partial charge in [0.15, 0.2) is 5.75 Å². The fourth-order valence-electron chi connectivity index (χ4n) is 6.07. The number of ether oxygens (including phenoxy) is 1. The molecule has 2 fully saturated rings. The molecule has 0 N–H and O–H groups in total. The van der Waals surface area contributed by atoms with Gasteiger partial charge in [-0.15, -0.1) is 0 Å². The largest absolute Gasteiger partial charge is 0.475 e. The standard InChI is InChI=1S/C29H35BrN4O/c30-24-9-11-26(12-10-24)33-16-14-32(15-17-33)19-22-18-23-20-34(25-6-2-1-3-7-25)21-35-29(23)28-27(22)8-4-5-13-31-28/h5,8-13,18,25H,1-4,6-7,14-17,19-21H2. The Morgan fingerprint density at radius 3 is 2.60 bits per heavy atom. The third-order valence-corrected chi connectivity index (χ3v) is 8.55. The van der Waals surface area contributed by atoms with E-state index in [0.717, 1.165) is 61.3 Å². The van der Waals surface area contributed by atoms with E-state index in [4.69, 9.17) is 9.73 Å². The van der Waals surface area contributed by atoms with Crippen LogP contribution in [0.4, 0.5) is 5.69 Å². The number of rotatable bonds is 4. The Morgan fingerprint density at radius 1 is 1.00 bits per heavy atom. The zero-order valence-electron chi connectivity index (χ0n) is 20.5. The first-order valence-electron chi connectivity index (χ1n) is 13.2. The minimum Gasteiger partial charge on any atom is -0.475 e. The van der Waals surface area contributed by atoms with Crippen molar-refractivity contribution in [2.45, 2.75) is 57.7 Å². The van der Waals surface area contributed by atoms with Crippen molar-refractivity contribution >= 4 is 27.7 Å². The van der Waals surface area contributed by atoms with Crippen LogP contribution >= 0.6 is 15.9 Å². The molecule has 1 saturated carbocycles. The Labute approximate surface area is 216 Å². The number of benzene rings is 2. The van der Waals surface area contributed by atoms with Crippen LogP contribution in [0.15, 0.2) is 52.1 Å². The van der Waals surface area contributed by atoms with Crippen LogP contribution in [0.1, 0.15) is 49.7 Å². The topological polar surface area (TPSA) is 31.3 Å². The smallest absolute Gasteiger partial charge is 0.152 e. The molecule has 1 aliphatic carbocycles. The first-order valence-corrected chi connectivity index (χ1v) is 14.0. The molecule has 2 aromatic rings. The van der Waals surface area contributed by atoms with E-state index in [1.54, 1.807) is 0 Å². The number of hydrogen-bond acceptors (Lipinski definition) is 5. The van der Waals surface area contributed by atoms with Gasteiger partial charge in [0, 0.05) is 72.5 Å². The summed E-state index contributed by atoms with van der Waals surface area (Å²) in [4.78, 5) is 12.5. The highest BCUT2D eigenvalue weighted by atomic mass is 79.9. The average molecular weight is 536 g/mol. The lowest BCUT2D eigenvalue weighted by atomic mass is 9.93. The van der Waals surface area contributed by atoms with Crippen molar-refractivity contribution in [1.82, 2.24) is 9.80 Å². The number of halogens is 1. The van der Waals surface area contributed by atoms with Crippen LogP contribution < -0.4 is 20.2 Å². The predicted octanol–water partition coefficient (Wildman–Crippen LogP) is 4.57. The summed E-state index contributed by atoms with van der Waals surface area (Å²) in [6.45, 7) is 6.91. The van der Waals surface area contributed by atoms with Gasteiger partial charge in [-0.1, -0.05) is 47.3 Å². The molecule has 0 spiro atoms. The summed E-state index contributed by atoms with van der Waals surface area (Å²) in [6.07, 6.45) is 14.1. The first-order chi connectivity index (χ1) is 17.2. The predicted molar refractivity (Wildman–Crippen MR) is 145 cm³/mol. The normalized spacial score (nSPS) is 21.3. The molecule has 0 unspecified atom stereocenters. The van der Waals surface area contributed by atoms with Crippen molar-refractivity contribution in [3.8, 4) is 5.75 Å². The van der Waals surface area contributed by atoms with Crippen LogP contribution in [0, 0.1) is 0 Å². The second-order valence-electron chi connectivity index (χ2n) is 10.3. The maximum absolute atomic E-state index is 6.41. The van der Waals surface area contributed by atoms with Crippen molar-refractivity contribution < 1.29 is 4.74 Å². The zero-order valence-corrected chi connectivity index (χ0v) is 22.0. The summed E-state index contributed by atoms with van der Waals surface area (Å²) < 4.78 is 7.55. The maximum atomic E-state index is 6.41. The molecule has 0 amide bonds. The van der Waals surface area contributed by atoms with Gasteiger partial charge in [-0.05, 0) is 55.2 Å². The van der Waals surface area contributed by atoms with Crippen molar-refractivity contribution in [3.63, 3.8) is 0 Å². The van der Waals surface area contributed by atoms with E-state index in [0.29, 0.717) is 12.8 Å². The van der Waals surface area contributed by atoms with Crippen molar-refractivity contribution in [3.05, 3.63) is 68.8 Å². The Bertz CT molecular complexity index is 1190. The molecule has 35 heavy (non-hydrogen) atoms. The summed E-state index contributed by atoms with van der Waals surface area (Å²) >= 11 is 3.55. The fourth-order valence-corrected chi connectivity index (χ4v) is 6.33. The second-order valence-corrected chi connectivity index (χ2v) is 11.2. The van der Waals surface area contributed by atoms with Gasteiger partial charge in [0.2, 0.25) is 0 Å². The molecule has 0 atom stereocenters. The summed E-state index contributed by atoms with van der Waals surface area (Å²) in [5.41, 5.74) is 4.03. The highest BCUT2D eigenvalue weighted by Crippen LogP contribution is 2.29. The molecule has 4 aliphatic rings. The number of nitrogens with zero attached hydrogens (tertiary/aromatic N) is 4. The van der Waals surface area contributed by atoms with Gasteiger partial charge in [0.25, 0.3) is 0 Å².